The lowest BCUT2D eigenvalue weighted by molar-refractivity contribution is 0.0697. The third kappa shape index (κ3) is 2.81. The first-order chi connectivity index (χ1) is 9.52. The number of carboxylic acids is 1. The first kappa shape index (κ1) is 14.1. The van der Waals surface area contributed by atoms with Gasteiger partial charge in [-0.2, -0.15) is 5.26 Å². The average Bonchev–Trinajstić information content (AvgIpc) is 2.46. The van der Waals surface area contributed by atoms with Crippen molar-refractivity contribution < 1.29 is 9.90 Å². The second kappa shape index (κ2) is 5.76. The van der Waals surface area contributed by atoms with E-state index in [1.807, 2.05) is 24.1 Å². The molecule has 0 heterocycles. The number of nitriles is 1. The summed E-state index contributed by atoms with van der Waals surface area (Å²) in [4.78, 5) is 12.7. The Balaban J connectivity index is 2.41. The maximum absolute atomic E-state index is 10.8. The summed E-state index contributed by atoms with van der Waals surface area (Å²) in [5.41, 5.74) is 2.35. The summed E-state index contributed by atoms with van der Waals surface area (Å²) in [6.07, 6.45) is 0. The van der Waals surface area contributed by atoms with E-state index >= 15 is 0 Å². The monoisotopic (exact) mass is 330 g/mol. The summed E-state index contributed by atoms with van der Waals surface area (Å²) in [6.45, 7) is 0. The molecule has 0 fully saturated rings. The highest BCUT2D eigenvalue weighted by atomic mass is 79.9. The molecule has 2 aromatic carbocycles. The summed E-state index contributed by atoms with van der Waals surface area (Å²) in [6, 6.07) is 14.1. The highest BCUT2D eigenvalue weighted by Gasteiger charge is 2.11. The number of nitrogens with zero attached hydrogens (tertiary/aromatic N) is 2. The summed E-state index contributed by atoms with van der Waals surface area (Å²) in [5.74, 6) is -0.959. The fraction of sp³-hybridized carbons (Fsp3) is 0.0667. The largest absolute Gasteiger partial charge is 0.478 e. The van der Waals surface area contributed by atoms with E-state index in [0.29, 0.717) is 5.56 Å². The van der Waals surface area contributed by atoms with Crippen LogP contribution >= 0.6 is 15.9 Å². The first-order valence-electron chi connectivity index (χ1n) is 5.79. The van der Waals surface area contributed by atoms with Gasteiger partial charge in [0.15, 0.2) is 0 Å². The molecule has 0 unspecified atom stereocenters. The molecule has 0 aliphatic rings. The van der Waals surface area contributed by atoms with Gasteiger partial charge in [-0.1, -0.05) is 15.9 Å². The van der Waals surface area contributed by atoms with Gasteiger partial charge in [0, 0.05) is 17.2 Å². The van der Waals surface area contributed by atoms with Crippen molar-refractivity contribution in [1.82, 2.24) is 0 Å². The number of carboxylic acid groups (broad SMARTS) is 1. The van der Waals surface area contributed by atoms with Crippen molar-refractivity contribution in [3.8, 4) is 6.07 Å². The summed E-state index contributed by atoms with van der Waals surface area (Å²) in [5, 5.41) is 18.0. The molecular weight excluding hydrogens is 320 g/mol. The van der Waals surface area contributed by atoms with Gasteiger partial charge >= 0.3 is 5.97 Å². The Kier molecular flexibility index (Phi) is 4.06. The molecule has 4 nitrogen and oxygen atoms in total. The summed E-state index contributed by atoms with van der Waals surface area (Å²) < 4.78 is 0.875. The predicted molar refractivity (Wildman–Crippen MR) is 80.3 cm³/mol. The molecule has 2 aromatic rings. The molecule has 0 saturated heterocycles. The topological polar surface area (TPSA) is 64.3 Å². The Morgan fingerprint density at radius 1 is 1.25 bits per heavy atom. The van der Waals surface area contributed by atoms with Gasteiger partial charge < -0.3 is 10.0 Å². The Morgan fingerprint density at radius 2 is 1.90 bits per heavy atom. The summed E-state index contributed by atoms with van der Waals surface area (Å²) >= 11 is 3.38. The number of hydrogen-bond donors (Lipinski definition) is 1. The normalized spacial score (nSPS) is 9.85. The number of halogens is 1. The van der Waals surface area contributed by atoms with Crippen LogP contribution in [0.25, 0.3) is 0 Å². The van der Waals surface area contributed by atoms with Crippen molar-refractivity contribution in [2.45, 2.75) is 0 Å². The minimum atomic E-state index is -0.959. The van der Waals surface area contributed by atoms with Gasteiger partial charge in [-0.25, -0.2) is 4.79 Å². The zero-order chi connectivity index (χ0) is 14.7. The molecule has 0 saturated carbocycles. The molecule has 5 heteroatoms. The molecule has 0 aliphatic carbocycles. The smallest absolute Gasteiger partial charge is 0.335 e. The highest BCUT2D eigenvalue weighted by molar-refractivity contribution is 9.10. The van der Waals surface area contributed by atoms with Crippen LogP contribution in [-0.2, 0) is 0 Å². The van der Waals surface area contributed by atoms with Crippen LogP contribution in [0, 0.1) is 11.3 Å². The van der Waals surface area contributed by atoms with Crippen LogP contribution in [0.1, 0.15) is 15.9 Å². The van der Waals surface area contributed by atoms with E-state index in [0.717, 1.165) is 15.8 Å². The maximum atomic E-state index is 10.8. The van der Waals surface area contributed by atoms with Gasteiger partial charge in [0.05, 0.1) is 16.8 Å². The zero-order valence-electron chi connectivity index (χ0n) is 10.7. The fourth-order valence-corrected chi connectivity index (χ4v) is 2.19. The number of carbonyl (C=O) groups is 1. The summed E-state index contributed by atoms with van der Waals surface area (Å²) in [7, 11) is 1.83. The standard InChI is InChI=1S/C15H11BrN2O2/c1-18(13-6-3-10(4-7-13)15(19)20)14-8-12(16)5-2-11(14)9-17/h2-8H,1H3,(H,19,20). The second-order valence-electron chi connectivity index (χ2n) is 4.18. The van der Waals surface area contributed by atoms with E-state index in [9.17, 15) is 4.79 Å². The molecule has 0 spiro atoms. The van der Waals surface area contributed by atoms with Crippen LogP contribution in [0.15, 0.2) is 46.9 Å². The highest BCUT2D eigenvalue weighted by Crippen LogP contribution is 2.29. The van der Waals surface area contributed by atoms with Gasteiger partial charge in [0.25, 0.3) is 0 Å². The molecule has 0 atom stereocenters. The van der Waals surface area contributed by atoms with E-state index < -0.39 is 5.97 Å². The Bertz CT molecular complexity index is 690. The van der Waals surface area contributed by atoms with Crippen LogP contribution in [0.2, 0.25) is 0 Å². The van der Waals surface area contributed by atoms with E-state index in [4.69, 9.17) is 10.4 Å². The number of anilines is 2. The van der Waals surface area contributed by atoms with Crippen LogP contribution in [-0.4, -0.2) is 18.1 Å². The van der Waals surface area contributed by atoms with E-state index in [1.165, 1.54) is 12.1 Å². The number of rotatable bonds is 3. The van der Waals surface area contributed by atoms with Gasteiger partial charge in [0.2, 0.25) is 0 Å². The molecule has 1 N–H and O–H groups in total. The third-order valence-electron chi connectivity index (χ3n) is 2.94. The Labute approximate surface area is 125 Å². The van der Waals surface area contributed by atoms with Crippen molar-refractivity contribution in [2.75, 3.05) is 11.9 Å². The molecule has 0 amide bonds. The van der Waals surface area contributed by atoms with Crippen LogP contribution in [0.3, 0.4) is 0 Å². The maximum Gasteiger partial charge on any atom is 0.335 e. The first-order valence-corrected chi connectivity index (χ1v) is 6.59. The minimum absolute atomic E-state index is 0.233. The molecule has 100 valence electrons. The van der Waals surface area contributed by atoms with Gasteiger partial charge in [-0.3, -0.25) is 0 Å². The van der Waals surface area contributed by atoms with Crippen LogP contribution in [0.4, 0.5) is 11.4 Å². The number of benzene rings is 2. The van der Waals surface area contributed by atoms with E-state index in [-0.39, 0.29) is 5.56 Å². The van der Waals surface area contributed by atoms with Crippen LogP contribution in [0.5, 0.6) is 0 Å². The predicted octanol–water partition coefficient (Wildman–Crippen LogP) is 3.79. The minimum Gasteiger partial charge on any atom is -0.478 e. The van der Waals surface area contributed by atoms with Gasteiger partial charge in [-0.05, 0) is 42.5 Å². The fourth-order valence-electron chi connectivity index (χ4n) is 1.84. The Morgan fingerprint density at radius 3 is 2.45 bits per heavy atom. The zero-order valence-corrected chi connectivity index (χ0v) is 12.3. The SMILES string of the molecule is CN(c1ccc(C(=O)O)cc1)c1cc(Br)ccc1C#N. The number of aromatic carboxylic acids is 1. The molecule has 0 aliphatic heterocycles. The molecule has 0 radical (unpaired) electrons. The Hall–Kier alpha value is -2.32. The molecule has 0 bridgehead atoms. The van der Waals surface area contributed by atoms with Crippen molar-refractivity contribution in [3.63, 3.8) is 0 Å². The van der Waals surface area contributed by atoms with Gasteiger partial charge in [0.1, 0.15) is 6.07 Å². The second-order valence-corrected chi connectivity index (χ2v) is 5.10. The lowest BCUT2D eigenvalue weighted by Gasteiger charge is -2.21. The van der Waals surface area contributed by atoms with E-state index in [2.05, 4.69) is 22.0 Å². The van der Waals surface area contributed by atoms with Gasteiger partial charge in [-0.15, -0.1) is 0 Å². The van der Waals surface area contributed by atoms with E-state index in [1.54, 1.807) is 18.2 Å². The van der Waals surface area contributed by atoms with Crippen molar-refractivity contribution in [2.24, 2.45) is 0 Å². The van der Waals surface area contributed by atoms with Crippen molar-refractivity contribution in [3.05, 3.63) is 58.1 Å². The molecule has 2 rings (SSSR count). The third-order valence-corrected chi connectivity index (χ3v) is 3.44. The van der Waals surface area contributed by atoms with Crippen LogP contribution < -0.4 is 4.90 Å². The number of hydrogen-bond acceptors (Lipinski definition) is 3. The molecular formula is C15H11BrN2O2. The molecule has 20 heavy (non-hydrogen) atoms. The quantitative estimate of drug-likeness (QED) is 0.929. The lowest BCUT2D eigenvalue weighted by Crippen LogP contribution is -2.11. The lowest BCUT2D eigenvalue weighted by atomic mass is 10.1. The van der Waals surface area contributed by atoms with Crippen molar-refractivity contribution in [1.29, 1.82) is 5.26 Å². The van der Waals surface area contributed by atoms with Crippen molar-refractivity contribution >= 4 is 33.3 Å². The average molecular weight is 331 g/mol. The molecule has 0 aromatic heterocycles.